The zero-order valence-corrected chi connectivity index (χ0v) is 14.5. The molecule has 4 nitrogen and oxygen atoms in total. The maximum absolute atomic E-state index is 12.3. The van der Waals surface area contributed by atoms with Crippen molar-refractivity contribution in [3.63, 3.8) is 0 Å². The second-order valence-corrected chi connectivity index (χ2v) is 7.27. The lowest BCUT2D eigenvalue weighted by atomic mass is 10.2. The van der Waals surface area contributed by atoms with Crippen LogP contribution in [0.15, 0.2) is 41.3 Å². The van der Waals surface area contributed by atoms with Gasteiger partial charge in [0.15, 0.2) is 0 Å². The van der Waals surface area contributed by atoms with E-state index in [2.05, 4.69) is 4.72 Å². The Bertz CT molecular complexity index is 777. The molecule has 0 aliphatic heterocycles. The number of benzene rings is 2. The van der Waals surface area contributed by atoms with Crippen LogP contribution in [0, 0.1) is 0 Å². The van der Waals surface area contributed by atoms with Crippen LogP contribution in [0.25, 0.3) is 0 Å². The molecule has 1 N–H and O–H groups in total. The van der Waals surface area contributed by atoms with Crippen LogP contribution < -0.4 is 9.46 Å². The van der Waals surface area contributed by atoms with E-state index >= 15 is 0 Å². The Hall–Kier alpha value is -0.980. The van der Waals surface area contributed by atoms with Gasteiger partial charge in [0.25, 0.3) is 0 Å². The summed E-state index contributed by atoms with van der Waals surface area (Å²) in [4.78, 5) is -0.103. The molecule has 0 bridgehead atoms. The van der Waals surface area contributed by atoms with E-state index in [9.17, 15) is 8.42 Å². The second kappa shape index (κ2) is 7.06. The fraction of sp³-hybridized carbons (Fsp3) is 0.143. The van der Waals surface area contributed by atoms with Gasteiger partial charge in [-0.3, -0.25) is 0 Å². The number of rotatable bonds is 5. The zero-order valence-electron chi connectivity index (χ0n) is 11.4. The van der Waals surface area contributed by atoms with E-state index in [4.69, 9.17) is 39.5 Å². The van der Waals surface area contributed by atoms with Crippen molar-refractivity contribution in [3.05, 3.63) is 57.0 Å². The van der Waals surface area contributed by atoms with Gasteiger partial charge < -0.3 is 4.74 Å². The number of methoxy groups -OCH3 is 1. The number of sulfonamides is 1. The Kier molecular flexibility index (Phi) is 5.58. The Morgan fingerprint density at radius 1 is 1.00 bits per heavy atom. The van der Waals surface area contributed by atoms with Crippen LogP contribution in [0.2, 0.25) is 15.1 Å². The third-order valence-corrected chi connectivity index (χ3v) is 5.57. The van der Waals surface area contributed by atoms with E-state index in [1.165, 1.54) is 19.2 Å². The highest BCUT2D eigenvalue weighted by Gasteiger charge is 2.21. The van der Waals surface area contributed by atoms with Crippen molar-refractivity contribution >= 4 is 44.8 Å². The van der Waals surface area contributed by atoms with Crippen LogP contribution in [-0.4, -0.2) is 15.5 Å². The minimum Gasteiger partial charge on any atom is -0.495 e. The molecule has 0 aromatic heterocycles. The first-order valence-electron chi connectivity index (χ1n) is 6.11. The molecule has 0 unspecified atom stereocenters. The SMILES string of the molecule is COc1ccc(S(=O)(=O)NCc2ccc(Cl)cc2)c(Cl)c1Cl. The lowest BCUT2D eigenvalue weighted by Crippen LogP contribution is -2.23. The highest BCUT2D eigenvalue weighted by Crippen LogP contribution is 2.36. The summed E-state index contributed by atoms with van der Waals surface area (Å²) < 4.78 is 32.1. The van der Waals surface area contributed by atoms with Gasteiger partial charge in [0.1, 0.15) is 15.7 Å². The molecule has 0 saturated carbocycles. The molecule has 0 spiro atoms. The topological polar surface area (TPSA) is 55.4 Å². The van der Waals surface area contributed by atoms with E-state index in [0.717, 1.165) is 5.56 Å². The third-order valence-electron chi connectivity index (χ3n) is 2.90. The van der Waals surface area contributed by atoms with Crippen LogP contribution in [0.5, 0.6) is 5.75 Å². The van der Waals surface area contributed by atoms with E-state index in [0.29, 0.717) is 10.8 Å². The van der Waals surface area contributed by atoms with E-state index in [1.54, 1.807) is 24.3 Å². The van der Waals surface area contributed by atoms with Crippen LogP contribution in [0.4, 0.5) is 0 Å². The van der Waals surface area contributed by atoms with Crippen molar-refractivity contribution in [2.75, 3.05) is 7.11 Å². The molecule has 0 fully saturated rings. The number of nitrogens with one attached hydrogen (secondary N) is 1. The first kappa shape index (κ1) is 17.4. The van der Waals surface area contributed by atoms with Gasteiger partial charge in [0.05, 0.1) is 12.1 Å². The van der Waals surface area contributed by atoms with Crippen molar-refractivity contribution in [1.82, 2.24) is 4.72 Å². The number of hydrogen-bond donors (Lipinski definition) is 1. The number of halogens is 3. The third kappa shape index (κ3) is 3.86. The van der Waals surface area contributed by atoms with Crippen molar-refractivity contribution in [2.24, 2.45) is 0 Å². The van der Waals surface area contributed by atoms with E-state index in [-0.39, 0.29) is 21.5 Å². The number of ether oxygens (including phenoxy) is 1. The van der Waals surface area contributed by atoms with Crippen molar-refractivity contribution < 1.29 is 13.2 Å². The molecular formula is C14H12Cl3NO3S. The normalized spacial score (nSPS) is 11.5. The van der Waals surface area contributed by atoms with Gasteiger partial charge in [-0.05, 0) is 29.8 Å². The molecule has 22 heavy (non-hydrogen) atoms. The van der Waals surface area contributed by atoms with Gasteiger partial charge in [-0.1, -0.05) is 46.9 Å². The Morgan fingerprint density at radius 3 is 2.23 bits per heavy atom. The lowest BCUT2D eigenvalue weighted by Gasteiger charge is -2.11. The Labute approximate surface area is 144 Å². The minimum absolute atomic E-state index is 0.0542. The first-order valence-corrected chi connectivity index (χ1v) is 8.73. The van der Waals surface area contributed by atoms with Crippen LogP contribution in [0.1, 0.15) is 5.56 Å². The first-order chi connectivity index (χ1) is 10.3. The maximum atomic E-state index is 12.3. The molecule has 118 valence electrons. The summed E-state index contributed by atoms with van der Waals surface area (Å²) in [6, 6.07) is 9.62. The predicted octanol–water partition coefficient (Wildman–Crippen LogP) is 4.13. The van der Waals surface area contributed by atoms with Gasteiger partial charge in [-0.15, -0.1) is 0 Å². The minimum atomic E-state index is -3.80. The molecule has 8 heteroatoms. The molecule has 0 aliphatic carbocycles. The quantitative estimate of drug-likeness (QED) is 0.848. The standard InChI is InChI=1S/C14H12Cl3NO3S/c1-21-11-6-7-12(14(17)13(11)16)22(19,20)18-8-9-2-4-10(15)5-3-9/h2-7,18H,8H2,1H3. The maximum Gasteiger partial charge on any atom is 0.242 e. The lowest BCUT2D eigenvalue weighted by molar-refractivity contribution is 0.414. The molecule has 0 radical (unpaired) electrons. The Balaban J connectivity index is 2.24. The summed E-state index contributed by atoms with van der Waals surface area (Å²) in [5.74, 6) is 0.309. The second-order valence-electron chi connectivity index (χ2n) is 4.34. The zero-order chi connectivity index (χ0) is 16.3. The predicted molar refractivity (Wildman–Crippen MR) is 88.5 cm³/mol. The van der Waals surface area contributed by atoms with Gasteiger partial charge >= 0.3 is 0 Å². The fourth-order valence-corrected chi connectivity index (χ4v) is 3.72. The Morgan fingerprint density at radius 2 is 1.64 bits per heavy atom. The summed E-state index contributed by atoms with van der Waals surface area (Å²) in [5, 5.41) is 0.555. The van der Waals surface area contributed by atoms with Crippen molar-refractivity contribution in [2.45, 2.75) is 11.4 Å². The molecule has 2 aromatic carbocycles. The smallest absolute Gasteiger partial charge is 0.242 e. The molecule has 2 rings (SSSR count). The van der Waals surface area contributed by atoms with Crippen molar-refractivity contribution in [3.8, 4) is 5.75 Å². The van der Waals surface area contributed by atoms with Crippen LogP contribution in [0.3, 0.4) is 0 Å². The van der Waals surface area contributed by atoms with Gasteiger partial charge in [0.2, 0.25) is 10.0 Å². The molecule has 0 saturated heterocycles. The van der Waals surface area contributed by atoms with Crippen molar-refractivity contribution in [1.29, 1.82) is 0 Å². The summed E-state index contributed by atoms with van der Waals surface area (Å²) in [5.41, 5.74) is 0.767. The molecule has 0 heterocycles. The largest absolute Gasteiger partial charge is 0.495 e. The van der Waals surface area contributed by atoms with Gasteiger partial charge in [-0.25, -0.2) is 13.1 Å². The van der Waals surface area contributed by atoms with Gasteiger partial charge in [-0.2, -0.15) is 0 Å². The fourth-order valence-electron chi connectivity index (χ4n) is 1.74. The highest BCUT2D eigenvalue weighted by atomic mass is 35.5. The summed E-state index contributed by atoms with van der Waals surface area (Å²) in [6.07, 6.45) is 0. The molecule has 0 amide bonds. The van der Waals surface area contributed by atoms with Gasteiger partial charge in [0, 0.05) is 11.6 Å². The summed E-state index contributed by atoms with van der Waals surface area (Å²) in [7, 11) is -2.38. The van der Waals surface area contributed by atoms with E-state index < -0.39 is 10.0 Å². The van der Waals surface area contributed by atoms with Crippen LogP contribution >= 0.6 is 34.8 Å². The summed E-state index contributed by atoms with van der Waals surface area (Å²) in [6.45, 7) is 0.111. The summed E-state index contributed by atoms with van der Waals surface area (Å²) >= 11 is 17.8. The highest BCUT2D eigenvalue weighted by molar-refractivity contribution is 7.89. The average molecular weight is 381 g/mol. The van der Waals surface area contributed by atoms with Crippen LogP contribution in [-0.2, 0) is 16.6 Å². The molecule has 2 aromatic rings. The average Bonchev–Trinajstić information content (AvgIpc) is 2.49. The molecular weight excluding hydrogens is 369 g/mol. The van der Waals surface area contributed by atoms with E-state index in [1.807, 2.05) is 0 Å². The molecule has 0 aliphatic rings. The monoisotopic (exact) mass is 379 g/mol. The number of hydrogen-bond acceptors (Lipinski definition) is 3. The molecule has 0 atom stereocenters.